The van der Waals surface area contributed by atoms with E-state index in [0.29, 0.717) is 0 Å². The molecule has 0 saturated carbocycles. The van der Waals surface area contributed by atoms with Crippen LogP contribution >= 0.6 is 0 Å². The molecule has 0 heterocycles. The Morgan fingerprint density at radius 1 is 0.236 bits per heavy atom. The third-order valence-corrected chi connectivity index (χ3v) is 10.9. The lowest BCUT2D eigenvalue weighted by atomic mass is 9.91. The predicted molar refractivity (Wildman–Crippen MR) is 235 cm³/mol. The summed E-state index contributed by atoms with van der Waals surface area (Å²) in [6.07, 6.45) is 0. The van der Waals surface area contributed by atoms with Gasteiger partial charge in [0.15, 0.2) is 0 Å². The maximum Gasteiger partial charge on any atom is 0.0540 e. The summed E-state index contributed by atoms with van der Waals surface area (Å²) in [5.41, 5.74) is 12.9. The van der Waals surface area contributed by atoms with Gasteiger partial charge in [-0.15, -0.1) is 0 Å². The van der Waals surface area contributed by atoms with Crippen LogP contribution in [-0.4, -0.2) is 0 Å². The van der Waals surface area contributed by atoms with Crippen molar-refractivity contribution in [3.05, 3.63) is 224 Å². The molecule has 0 amide bonds. The predicted octanol–water partition coefficient (Wildman–Crippen LogP) is 15.3. The molecule has 0 unspecified atom stereocenters. The largest absolute Gasteiger partial charge is 0.310 e. The van der Waals surface area contributed by atoms with E-state index in [9.17, 15) is 0 Å². The zero-order valence-electron chi connectivity index (χ0n) is 30.3. The number of rotatable bonds is 7. The maximum absolute atomic E-state index is 2.43. The van der Waals surface area contributed by atoms with Gasteiger partial charge in [-0.3, -0.25) is 0 Å². The van der Waals surface area contributed by atoms with Gasteiger partial charge >= 0.3 is 0 Å². The van der Waals surface area contributed by atoms with E-state index in [4.69, 9.17) is 0 Å². The van der Waals surface area contributed by atoms with E-state index in [1.165, 1.54) is 76.8 Å². The van der Waals surface area contributed by atoms with Crippen LogP contribution in [0.2, 0.25) is 0 Å². The molecule has 0 aliphatic heterocycles. The monoisotopic (exact) mass is 699 g/mol. The highest BCUT2D eigenvalue weighted by molar-refractivity contribution is 6.15. The van der Waals surface area contributed by atoms with Gasteiger partial charge in [-0.2, -0.15) is 0 Å². The fourth-order valence-corrected chi connectivity index (χ4v) is 8.28. The second-order valence-corrected chi connectivity index (χ2v) is 14.1. The number of hydrogen-bond donors (Lipinski definition) is 0. The van der Waals surface area contributed by atoms with Crippen molar-refractivity contribution in [2.45, 2.75) is 0 Å². The lowest BCUT2D eigenvalue weighted by molar-refractivity contribution is 1.28. The normalized spacial score (nSPS) is 11.3. The lowest BCUT2D eigenvalue weighted by Crippen LogP contribution is -2.11. The smallest absolute Gasteiger partial charge is 0.0540 e. The molecule has 0 fully saturated rings. The second-order valence-electron chi connectivity index (χ2n) is 14.1. The van der Waals surface area contributed by atoms with E-state index in [0.717, 1.165) is 17.1 Å². The number of hydrogen-bond acceptors (Lipinski definition) is 1. The zero-order chi connectivity index (χ0) is 36.6. The molecule has 0 saturated heterocycles. The van der Waals surface area contributed by atoms with Crippen molar-refractivity contribution in [2.24, 2.45) is 0 Å². The first-order valence-corrected chi connectivity index (χ1v) is 18.9. The average molecular weight is 700 g/mol. The van der Waals surface area contributed by atoms with Crippen LogP contribution in [0.3, 0.4) is 0 Å². The van der Waals surface area contributed by atoms with Gasteiger partial charge in [0.05, 0.1) is 5.69 Å². The molecule has 0 spiro atoms. The van der Waals surface area contributed by atoms with Crippen LogP contribution in [0.4, 0.5) is 17.1 Å². The quantitative estimate of drug-likeness (QED) is 0.150. The number of para-hydroxylation sites is 1. The molecule has 10 aromatic rings. The summed E-state index contributed by atoms with van der Waals surface area (Å²) < 4.78 is 0. The molecular formula is C54H37N. The van der Waals surface area contributed by atoms with E-state index in [1.54, 1.807) is 0 Å². The van der Waals surface area contributed by atoms with Crippen molar-refractivity contribution in [3.8, 4) is 44.5 Å². The molecule has 10 aromatic carbocycles. The Hall–Kier alpha value is -7.22. The van der Waals surface area contributed by atoms with Crippen LogP contribution in [0.1, 0.15) is 0 Å². The molecule has 0 N–H and O–H groups in total. The standard InChI is InChI=1S/C54H37N/c1-2-16-38(17-3-1)45-24-8-9-25-47(45)40-32-34-43(35-33-40)55(44-22-14-21-41(36-44)48-30-15-20-39-18-4-6-23-46(39)48)54-31-13-12-29-52(54)53-37-42-19-5-7-26-49(42)50-27-10-11-28-51(50)53/h1-37H. The van der Waals surface area contributed by atoms with E-state index in [-0.39, 0.29) is 0 Å². The first kappa shape index (κ1) is 32.4. The Balaban J connectivity index is 1.18. The van der Waals surface area contributed by atoms with Crippen LogP contribution in [0.15, 0.2) is 224 Å². The topological polar surface area (TPSA) is 3.24 Å². The van der Waals surface area contributed by atoms with Crippen molar-refractivity contribution >= 4 is 49.4 Å². The minimum Gasteiger partial charge on any atom is -0.310 e. The molecule has 55 heavy (non-hydrogen) atoms. The number of nitrogens with zero attached hydrogens (tertiary/aromatic N) is 1. The van der Waals surface area contributed by atoms with Crippen molar-refractivity contribution in [3.63, 3.8) is 0 Å². The number of anilines is 3. The molecule has 258 valence electrons. The second kappa shape index (κ2) is 14.0. The van der Waals surface area contributed by atoms with Crippen LogP contribution < -0.4 is 4.90 Å². The molecule has 1 nitrogen and oxygen atoms in total. The van der Waals surface area contributed by atoms with E-state index in [1.807, 2.05) is 0 Å². The Kier molecular flexibility index (Phi) is 8.24. The molecule has 10 rings (SSSR count). The summed E-state index contributed by atoms with van der Waals surface area (Å²) in [6.45, 7) is 0. The van der Waals surface area contributed by atoms with Gasteiger partial charge in [0.1, 0.15) is 0 Å². The summed E-state index contributed by atoms with van der Waals surface area (Å²) in [4.78, 5) is 2.43. The Labute approximate surface area is 322 Å². The third kappa shape index (κ3) is 5.93. The van der Waals surface area contributed by atoms with Crippen molar-refractivity contribution < 1.29 is 0 Å². The van der Waals surface area contributed by atoms with Crippen LogP contribution in [0, 0.1) is 0 Å². The number of fused-ring (bicyclic) bond motifs is 4. The average Bonchev–Trinajstić information content (AvgIpc) is 3.27. The highest BCUT2D eigenvalue weighted by atomic mass is 15.1. The molecule has 0 radical (unpaired) electrons. The zero-order valence-corrected chi connectivity index (χ0v) is 30.3. The van der Waals surface area contributed by atoms with E-state index in [2.05, 4.69) is 229 Å². The summed E-state index contributed by atoms with van der Waals surface area (Å²) in [6, 6.07) is 81.5. The highest BCUT2D eigenvalue weighted by Crippen LogP contribution is 2.45. The molecule has 0 atom stereocenters. The van der Waals surface area contributed by atoms with Gasteiger partial charge in [-0.25, -0.2) is 0 Å². The lowest BCUT2D eigenvalue weighted by Gasteiger charge is -2.29. The molecule has 0 aliphatic carbocycles. The summed E-state index contributed by atoms with van der Waals surface area (Å²) in [5, 5.41) is 7.49. The summed E-state index contributed by atoms with van der Waals surface area (Å²) >= 11 is 0. The highest BCUT2D eigenvalue weighted by Gasteiger charge is 2.20. The molecule has 1 heteroatoms. The van der Waals surface area contributed by atoms with Crippen molar-refractivity contribution in [2.75, 3.05) is 4.90 Å². The third-order valence-electron chi connectivity index (χ3n) is 10.9. The van der Waals surface area contributed by atoms with Gasteiger partial charge < -0.3 is 4.90 Å². The Bertz CT molecular complexity index is 2970. The number of benzene rings is 10. The van der Waals surface area contributed by atoms with Gasteiger partial charge in [0.2, 0.25) is 0 Å². The Morgan fingerprint density at radius 2 is 0.764 bits per heavy atom. The van der Waals surface area contributed by atoms with Crippen LogP contribution in [0.5, 0.6) is 0 Å². The maximum atomic E-state index is 2.43. The van der Waals surface area contributed by atoms with E-state index < -0.39 is 0 Å². The van der Waals surface area contributed by atoms with E-state index >= 15 is 0 Å². The van der Waals surface area contributed by atoms with Crippen molar-refractivity contribution in [1.29, 1.82) is 0 Å². The summed E-state index contributed by atoms with van der Waals surface area (Å²) in [5.74, 6) is 0. The molecule has 0 aliphatic rings. The van der Waals surface area contributed by atoms with Crippen LogP contribution in [0.25, 0.3) is 76.8 Å². The van der Waals surface area contributed by atoms with Crippen molar-refractivity contribution in [1.82, 2.24) is 0 Å². The first-order valence-electron chi connectivity index (χ1n) is 18.9. The van der Waals surface area contributed by atoms with Gasteiger partial charge in [0.25, 0.3) is 0 Å². The van der Waals surface area contributed by atoms with Gasteiger partial charge in [-0.05, 0) is 108 Å². The summed E-state index contributed by atoms with van der Waals surface area (Å²) in [7, 11) is 0. The van der Waals surface area contributed by atoms with Gasteiger partial charge in [0, 0.05) is 16.9 Å². The SMILES string of the molecule is c1ccc(-c2ccccc2-c2ccc(N(c3cccc(-c4cccc5ccccc45)c3)c3ccccc3-c3cc4ccccc4c4ccccc34)cc2)cc1. The first-order chi connectivity index (χ1) is 27.3. The molecular weight excluding hydrogens is 663 g/mol. The fraction of sp³-hybridized carbons (Fsp3) is 0. The fourth-order valence-electron chi connectivity index (χ4n) is 8.28. The molecule has 0 bridgehead atoms. The van der Waals surface area contributed by atoms with Gasteiger partial charge in [-0.1, -0.05) is 188 Å². The van der Waals surface area contributed by atoms with Crippen LogP contribution in [-0.2, 0) is 0 Å². The minimum absolute atomic E-state index is 1.09. The Morgan fingerprint density at radius 3 is 1.55 bits per heavy atom. The minimum atomic E-state index is 1.09. The molecule has 0 aromatic heterocycles.